The van der Waals surface area contributed by atoms with Crippen molar-refractivity contribution in [2.24, 2.45) is 0 Å². The van der Waals surface area contributed by atoms with E-state index in [1.54, 1.807) is 11.0 Å². The number of benzene rings is 1. The van der Waals surface area contributed by atoms with Crippen LogP contribution in [0.3, 0.4) is 0 Å². The Balaban J connectivity index is 1.29. The van der Waals surface area contributed by atoms with Crippen molar-refractivity contribution in [2.45, 2.75) is 56.8 Å². The first-order valence-corrected chi connectivity index (χ1v) is 9.64. The quantitative estimate of drug-likeness (QED) is 0.861. The maximum atomic E-state index is 10.4. The Morgan fingerprint density at radius 1 is 1.23 bits per heavy atom. The van der Waals surface area contributed by atoms with Gasteiger partial charge in [-0.25, -0.2) is 9.67 Å². The van der Waals surface area contributed by atoms with E-state index in [1.165, 1.54) is 11.1 Å². The summed E-state index contributed by atoms with van der Waals surface area (Å²) in [5, 5.41) is 14.9. The van der Waals surface area contributed by atoms with E-state index in [0.29, 0.717) is 19.1 Å². The van der Waals surface area contributed by atoms with E-state index >= 15 is 0 Å². The highest BCUT2D eigenvalue weighted by Crippen LogP contribution is 2.32. The van der Waals surface area contributed by atoms with E-state index in [1.807, 2.05) is 0 Å². The fourth-order valence-corrected chi connectivity index (χ4v) is 3.92. The summed E-state index contributed by atoms with van der Waals surface area (Å²) >= 11 is 0. The molecule has 6 heteroatoms. The minimum Gasteiger partial charge on any atom is -0.389 e. The minimum absolute atomic E-state index is 0.0862. The average molecular weight is 357 g/mol. The zero-order valence-electron chi connectivity index (χ0n) is 15.1. The molecule has 1 aromatic heterocycles. The van der Waals surface area contributed by atoms with Gasteiger partial charge in [-0.2, -0.15) is 5.10 Å². The van der Waals surface area contributed by atoms with Crippen LogP contribution in [0, 0.1) is 0 Å². The molecule has 0 saturated carbocycles. The van der Waals surface area contributed by atoms with E-state index in [0.717, 1.165) is 51.1 Å². The van der Waals surface area contributed by atoms with Crippen molar-refractivity contribution in [3.8, 4) is 0 Å². The summed E-state index contributed by atoms with van der Waals surface area (Å²) in [6, 6.07) is 8.46. The molecule has 0 bridgehead atoms. The second-order valence-electron chi connectivity index (χ2n) is 7.28. The summed E-state index contributed by atoms with van der Waals surface area (Å²) in [5.74, 6) is 1.24. The van der Waals surface area contributed by atoms with Crippen molar-refractivity contribution < 1.29 is 14.6 Å². The van der Waals surface area contributed by atoms with Crippen LogP contribution >= 0.6 is 0 Å². The Morgan fingerprint density at radius 2 is 2.08 bits per heavy atom. The number of aryl methyl sites for hydroxylation is 1. The molecular weight excluding hydrogens is 330 g/mol. The number of aliphatic hydroxyl groups excluding tert-OH is 1. The highest BCUT2D eigenvalue weighted by Gasteiger charge is 2.22. The highest BCUT2D eigenvalue weighted by molar-refractivity contribution is 5.31. The predicted octanol–water partition coefficient (Wildman–Crippen LogP) is 2.63. The van der Waals surface area contributed by atoms with Gasteiger partial charge in [0.25, 0.3) is 0 Å². The topological polar surface area (TPSA) is 69.4 Å². The average Bonchev–Trinajstić information content (AvgIpc) is 3.15. The molecule has 1 aliphatic heterocycles. The van der Waals surface area contributed by atoms with Gasteiger partial charge in [0, 0.05) is 19.1 Å². The van der Waals surface area contributed by atoms with Gasteiger partial charge in [0.05, 0.1) is 25.4 Å². The van der Waals surface area contributed by atoms with E-state index < -0.39 is 6.10 Å². The molecule has 2 aromatic rings. The van der Waals surface area contributed by atoms with Crippen molar-refractivity contribution in [3.05, 3.63) is 47.5 Å². The van der Waals surface area contributed by atoms with Gasteiger partial charge in [-0.1, -0.05) is 24.3 Å². The van der Waals surface area contributed by atoms with Crippen LogP contribution in [0.25, 0.3) is 0 Å². The molecular formula is C20H27N3O3. The molecule has 0 radical (unpaired) electrons. The molecule has 1 N–H and O–H groups in total. The van der Waals surface area contributed by atoms with E-state index in [-0.39, 0.29) is 6.10 Å². The molecule has 0 amide bonds. The van der Waals surface area contributed by atoms with Gasteiger partial charge in [0.2, 0.25) is 0 Å². The van der Waals surface area contributed by atoms with Gasteiger partial charge in [0.15, 0.2) is 5.82 Å². The second-order valence-corrected chi connectivity index (χ2v) is 7.28. The lowest BCUT2D eigenvalue weighted by molar-refractivity contribution is -0.0236. The number of ether oxygens (including phenoxy) is 2. The van der Waals surface area contributed by atoms with Crippen molar-refractivity contribution in [1.82, 2.24) is 14.8 Å². The van der Waals surface area contributed by atoms with Gasteiger partial charge in [-0.15, -0.1) is 0 Å². The van der Waals surface area contributed by atoms with E-state index in [4.69, 9.17) is 9.47 Å². The molecule has 4 rings (SSSR count). The first-order valence-electron chi connectivity index (χ1n) is 9.64. The lowest BCUT2D eigenvalue weighted by Crippen LogP contribution is -2.25. The van der Waals surface area contributed by atoms with Crippen LogP contribution in [0.2, 0.25) is 0 Å². The summed E-state index contributed by atoms with van der Waals surface area (Å²) in [5.41, 5.74) is 2.64. The molecule has 2 heterocycles. The van der Waals surface area contributed by atoms with Crippen LogP contribution in [0.1, 0.15) is 54.7 Å². The number of nitrogens with zero attached hydrogens (tertiary/aromatic N) is 3. The van der Waals surface area contributed by atoms with Crippen molar-refractivity contribution in [1.29, 1.82) is 0 Å². The molecule has 2 unspecified atom stereocenters. The molecule has 0 spiro atoms. The SMILES string of the molecule is OC(COC1CCCc2ccccc21)Cn1cnc(C2CCOCC2)n1. The zero-order chi connectivity index (χ0) is 17.8. The highest BCUT2D eigenvalue weighted by atomic mass is 16.5. The Morgan fingerprint density at radius 3 is 2.96 bits per heavy atom. The molecule has 1 aromatic carbocycles. The summed E-state index contributed by atoms with van der Waals surface area (Å²) in [6.07, 6.45) is 6.41. The van der Waals surface area contributed by atoms with E-state index in [9.17, 15) is 5.11 Å². The third kappa shape index (κ3) is 4.14. The van der Waals surface area contributed by atoms with Gasteiger partial charge < -0.3 is 14.6 Å². The van der Waals surface area contributed by atoms with Gasteiger partial charge >= 0.3 is 0 Å². The van der Waals surface area contributed by atoms with Crippen molar-refractivity contribution in [3.63, 3.8) is 0 Å². The van der Waals surface area contributed by atoms with Gasteiger partial charge in [-0.3, -0.25) is 0 Å². The third-order valence-electron chi connectivity index (χ3n) is 5.34. The first-order chi connectivity index (χ1) is 12.8. The smallest absolute Gasteiger partial charge is 0.153 e. The van der Waals surface area contributed by atoms with Gasteiger partial charge in [0.1, 0.15) is 6.33 Å². The monoisotopic (exact) mass is 357 g/mol. The third-order valence-corrected chi connectivity index (χ3v) is 5.34. The van der Waals surface area contributed by atoms with Crippen LogP contribution in [0.5, 0.6) is 0 Å². The van der Waals surface area contributed by atoms with Gasteiger partial charge in [-0.05, 0) is 43.2 Å². The Labute approximate surface area is 154 Å². The van der Waals surface area contributed by atoms with Crippen LogP contribution < -0.4 is 0 Å². The Bertz CT molecular complexity index is 712. The van der Waals surface area contributed by atoms with E-state index in [2.05, 4.69) is 34.3 Å². The molecule has 1 aliphatic carbocycles. The molecule has 2 aliphatic rings. The number of aromatic nitrogens is 3. The molecule has 1 saturated heterocycles. The predicted molar refractivity (Wildman–Crippen MR) is 96.9 cm³/mol. The maximum absolute atomic E-state index is 10.4. The van der Waals surface area contributed by atoms with Crippen molar-refractivity contribution in [2.75, 3.05) is 19.8 Å². The Kier molecular flexibility index (Phi) is 5.62. The lowest BCUT2D eigenvalue weighted by atomic mass is 9.89. The number of rotatable bonds is 6. The molecule has 1 fully saturated rings. The normalized spacial score (nSPS) is 22.1. The molecule has 6 nitrogen and oxygen atoms in total. The molecule has 140 valence electrons. The molecule has 26 heavy (non-hydrogen) atoms. The maximum Gasteiger partial charge on any atom is 0.153 e. The largest absolute Gasteiger partial charge is 0.389 e. The van der Waals surface area contributed by atoms with Crippen molar-refractivity contribution >= 4 is 0 Å². The first kappa shape index (κ1) is 17.6. The molecule has 2 atom stereocenters. The number of fused-ring (bicyclic) bond motifs is 1. The zero-order valence-corrected chi connectivity index (χ0v) is 15.1. The van der Waals surface area contributed by atoms with Crippen LogP contribution in [0.4, 0.5) is 0 Å². The summed E-state index contributed by atoms with van der Waals surface area (Å²) in [7, 11) is 0. The Hall–Kier alpha value is -1.76. The van der Waals surface area contributed by atoms with Crippen LogP contribution in [-0.4, -0.2) is 45.8 Å². The summed E-state index contributed by atoms with van der Waals surface area (Å²) in [6.45, 7) is 2.27. The number of hydrogen-bond donors (Lipinski definition) is 1. The minimum atomic E-state index is -0.590. The van der Waals surface area contributed by atoms with Crippen LogP contribution in [-0.2, 0) is 22.4 Å². The fourth-order valence-electron chi connectivity index (χ4n) is 3.92. The second kappa shape index (κ2) is 8.29. The standard InChI is InChI=1S/C20H27N3O3/c24-17(12-23-14-21-20(22-23)16-8-10-25-11-9-16)13-26-19-7-3-5-15-4-1-2-6-18(15)19/h1-2,4,6,14,16-17,19,24H,3,5,7-13H2. The summed E-state index contributed by atoms with van der Waals surface area (Å²) in [4.78, 5) is 4.42. The summed E-state index contributed by atoms with van der Waals surface area (Å²) < 4.78 is 13.2. The van der Waals surface area contributed by atoms with Crippen LogP contribution in [0.15, 0.2) is 30.6 Å². The fraction of sp³-hybridized carbons (Fsp3) is 0.600. The lowest BCUT2D eigenvalue weighted by Gasteiger charge is -2.26. The number of aliphatic hydroxyl groups is 1. The number of hydrogen-bond acceptors (Lipinski definition) is 5.